The summed E-state index contributed by atoms with van der Waals surface area (Å²) in [5.74, 6) is 0. The largest absolute Gasteiger partial charge is 0.312 e. The number of hydrogen-bond acceptors (Lipinski definition) is 4. The van der Waals surface area contributed by atoms with Crippen molar-refractivity contribution in [1.29, 1.82) is 0 Å². The van der Waals surface area contributed by atoms with Crippen molar-refractivity contribution in [2.24, 2.45) is 7.05 Å². The third-order valence-electron chi connectivity index (χ3n) is 4.47. The number of likely N-dealkylation sites (N-methyl/N-ethyl adjacent to an activating group) is 1. The predicted octanol–water partition coefficient (Wildman–Crippen LogP) is -0.0595. The van der Waals surface area contributed by atoms with Gasteiger partial charge in [0.15, 0.2) is 0 Å². The summed E-state index contributed by atoms with van der Waals surface area (Å²) in [6.45, 7) is 9.43. The van der Waals surface area contributed by atoms with Crippen LogP contribution < -0.4 is 5.32 Å². The van der Waals surface area contributed by atoms with Gasteiger partial charge in [0, 0.05) is 58.1 Å². The van der Waals surface area contributed by atoms with Gasteiger partial charge in [-0.25, -0.2) is 0 Å². The van der Waals surface area contributed by atoms with Crippen molar-refractivity contribution in [1.82, 2.24) is 24.9 Å². The molecule has 0 aromatic carbocycles. The van der Waals surface area contributed by atoms with E-state index in [1.54, 1.807) is 0 Å². The quantitative estimate of drug-likeness (QED) is 0.807. The summed E-state index contributed by atoms with van der Waals surface area (Å²) in [5.41, 5.74) is 1.34. The normalized spacial score (nSPS) is 31.6. The van der Waals surface area contributed by atoms with Gasteiger partial charge in [0.05, 0.1) is 6.20 Å². The van der Waals surface area contributed by atoms with Crippen LogP contribution in [0.4, 0.5) is 0 Å². The Kier molecular flexibility index (Phi) is 3.86. The molecule has 0 spiro atoms. The van der Waals surface area contributed by atoms with Gasteiger partial charge in [-0.15, -0.1) is 0 Å². The number of hydrogen-bond donors (Lipinski definition) is 1. The average molecular weight is 263 g/mol. The maximum absolute atomic E-state index is 4.29. The van der Waals surface area contributed by atoms with E-state index >= 15 is 0 Å². The van der Waals surface area contributed by atoms with Crippen LogP contribution >= 0.6 is 0 Å². The van der Waals surface area contributed by atoms with Crippen molar-refractivity contribution in [2.75, 3.05) is 39.3 Å². The van der Waals surface area contributed by atoms with E-state index in [1.165, 1.54) is 38.3 Å². The van der Waals surface area contributed by atoms with E-state index in [9.17, 15) is 0 Å². The smallest absolute Gasteiger partial charge is 0.0522 e. The molecule has 1 aromatic heterocycles. The van der Waals surface area contributed by atoms with Crippen LogP contribution in [0, 0.1) is 0 Å². The highest BCUT2D eigenvalue weighted by Gasteiger charge is 2.36. The van der Waals surface area contributed by atoms with Gasteiger partial charge in [0.25, 0.3) is 0 Å². The summed E-state index contributed by atoms with van der Waals surface area (Å²) in [6, 6.07) is 1.19. The molecule has 5 heteroatoms. The molecule has 3 saturated heterocycles. The van der Waals surface area contributed by atoms with Crippen LogP contribution in [0.15, 0.2) is 12.4 Å². The minimum absolute atomic E-state index is 0.539. The third kappa shape index (κ3) is 2.83. The highest BCUT2D eigenvalue weighted by atomic mass is 15.4. The lowest BCUT2D eigenvalue weighted by Gasteiger charge is -2.50. The lowest BCUT2D eigenvalue weighted by atomic mass is 9.95. The number of aryl methyl sites for hydroxylation is 1. The summed E-state index contributed by atoms with van der Waals surface area (Å²) in [6.07, 6.45) is 5.22. The van der Waals surface area contributed by atoms with Crippen LogP contribution in [-0.4, -0.2) is 70.9 Å². The minimum Gasteiger partial charge on any atom is -0.312 e. The standard InChI is InChI=1S/C14H25N5/c1-3-15-13(8-12-9-16-17(2)10-12)14-11-18-4-6-19(14)7-5-18/h9-10,13-15H,3-8,11H2,1-2H3. The van der Waals surface area contributed by atoms with Crippen molar-refractivity contribution in [3.63, 3.8) is 0 Å². The first-order valence-corrected chi connectivity index (χ1v) is 7.43. The fraction of sp³-hybridized carbons (Fsp3) is 0.786. The Hall–Kier alpha value is -0.910. The van der Waals surface area contributed by atoms with Crippen LogP contribution in [0.2, 0.25) is 0 Å². The van der Waals surface area contributed by atoms with Gasteiger partial charge in [-0.05, 0) is 18.5 Å². The zero-order valence-corrected chi connectivity index (χ0v) is 12.0. The van der Waals surface area contributed by atoms with Crippen LogP contribution in [0.5, 0.6) is 0 Å². The van der Waals surface area contributed by atoms with Crippen LogP contribution in [0.25, 0.3) is 0 Å². The van der Waals surface area contributed by atoms with E-state index in [2.05, 4.69) is 33.3 Å². The Morgan fingerprint density at radius 1 is 1.37 bits per heavy atom. The third-order valence-corrected chi connectivity index (χ3v) is 4.47. The summed E-state index contributed by atoms with van der Waals surface area (Å²) in [4.78, 5) is 5.28. The highest BCUT2D eigenvalue weighted by molar-refractivity contribution is 5.09. The number of aromatic nitrogens is 2. The van der Waals surface area contributed by atoms with Crippen molar-refractivity contribution in [3.05, 3.63) is 18.0 Å². The average Bonchev–Trinajstić information content (AvgIpc) is 2.85. The van der Waals surface area contributed by atoms with Gasteiger partial charge in [0.1, 0.15) is 0 Å². The SMILES string of the molecule is CCNC(Cc1cnn(C)c1)C1CN2CCN1CC2. The van der Waals surface area contributed by atoms with Gasteiger partial charge in [0.2, 0.25) is 0 Å². The number of nitrogens with zero attached hydrogens (tertiary/aromatic N) is 4. The monoisotopic (exact) mass is 263 g/mol. The molecule has 2 bridgehead atoms. The Morgan fingerprint density at radius 3 is 2.68 bits per heavy atom. The van der Waals surface area contributed by atoms with Crippen molar-refractivity contribution >= 4 is 0 Å². The molecule has 0 saturated carbocycles. The molecule has 0 aliphatic carbocycles. The fourth-order valence-electron chi connectivity index (χ4n) is 3.48. The van der Waals surface area contributed by atoms with Crippen molar-refractivity contribution < 1.29 is 0 Å². The molecular weight excluding hydrogens is 238 g/mol. The van der Waals surface area contributed by atoms with Crippen molar-refractivity contribution in [2.45, 2.75) is 25.4 Å². The Bertz CT molecular complexity index is 408. The van der Waals surface area contributed by atoms with E-state index in [1.807, 2.05) is 17.9 Å². The van der Waals surface area contributed by atoms with Crippen LogP contribution in [0.1, 0.15) is 12.5 Å². The maximum atomic E-state index is 4.29. The van der Waals surface area contributed by atoms with Crippen molar-refractivity contribution in [3.8, 4) is 0 Å². The first kappa shape index (κ1) is 13.1. The molecule has 3 aliphatic heterocycles. The molecule has 4 heterocycles. The number of piperazine rings is 3. The second-order valence-electron chi connectivity index (χ2n) is 5.79. The zero-order chi connectivity index (χ0) is 13.2. The lowest BCUT2D eigenvalue weighted by Crippen LogP contribution is -2.66. The molecule has 3 fully saturated rings. The Balaban J connectivity index is 1.69. The van der Waals surface area contributed by atoms with Gasteiger partial charge in [-0.1, -0.05) is 6.92 Å². The van der Waals surface area contributed by atoms with Crippen LogP contribution in [-0.2, 0) is 13.5 Å². The summed E-state index contributed by atoms with van der Waals surface area (Å²) >= 11 is 0. The second kappa shape index (κ2) is 5.61. The molecule has 1 N–H and O–H groups in total. The number of fused-ring (bicyclic) bond motifs is 3. The van der Waals surface area contributed by atoms with E-state index in [0.717, 1.165) is 13.0 Å². The molecule has 0 radical (unpaired) electrons. The lowest BCUT2D eigenvalue weighted by molar-refractivity contribution is -0.00289. The fourth-order valence-corrected chi connectivity index (χ4v) is 3.48. The van der Waals surface area contributed by atoms with E-state index in [0.29, 0.717) is 12.1 Å². The Morgan fingerprint density at radius 2 is 2.16 bits per heavy atom. The summed E-state index contributed by atoms with van der Waals surface area (Å²) in [7, 11) is 1.99. The molecule has 1 aromatic rings. The number of nitrogens with one attached hydrogen (secondary N) is 1. The van der Waals surface area contributed by atoms with E-state index in [4.69, 9.17) is 0 Å². The molecule has 19 heavy (non-hydrogen) atoms. The van der Waals surface area contributed by atoms with Gasteiger partial charge < -0.3 is 5.32 Å². The second-order valence-corrected chi connectivity index (χ2v) is 5.79. The predicted molar refractivity (Wildman–Crippen MR) is 76.2 cm³/mol. The van der Waals surface area contributed by atoms with E-state index in [-0.39, 0.29) is 0 Å². The molecule has 2 atom stereocenters. The maximum Gasteiger partial charge on any atom is 0.0522 e. The minimum atomic E-state index is 0.539. The van der Waals surface area contributed by atoms with Gasteiger partial charge >= 0.3 is 0 Å². The van der Waals surface area contributed by atoms with Gasteiger partial charge in [-0.3, -0.25) is 14.5 Å². The molecule has 2 unspecified atom stereocenters. The molecule has 5 nitrogen and oxygen atoms in total. The topological polar surface area (TPSA) is 36.3 Å². The highest BCUT2D eigenvalue weighted by Crippen LogP contribution is 2.20. The molecular formula is C14H25N5. The summed E-state index contributed by atoms with van der Waals surface area (Å²) < 4.78 is 1.90. The van der Waals surface area contributed by atoms with Gasteiger partial charge in [-0.2, -0.15) is 5.10 Å². The first-order chi connectivity index (χ1) is 9.26. The summed E-state index contributed by atoms with van der Waals surface area (Å²) in [5, 5.41) is 7.98. The molecule has 106 valence electrons. The van der Waals surface area contributed by atoms with Crippen LogP contribution in [0.3, 0.4) is 0 Å². The first-order valence-electron chi connectivity index (χ1n) is 7.43. The van der Waals surface area contributed by atoms with E-state index < -0.39 is 0 Å². The molecule has 3 aliphatic rings. The zero-order valence-electron chi connectivity index (χ0n) is 12.0. The Labute approximate surface area is 115 Å². The molecule has 4 rings (SSSR count). The number of rotatable bonds is 5. The molecule has 0 amide bonds.